The van der Waals surface area contributed by atoms with Crippen molar-refractivity contribution in [3.63, 3.8) is 0 Å². The molecular formula is C17H20N2O5. The highest BCUT2D eigenvalue weighted by Gasteiger charge is 2.27. The second kappa shape index (κ2) is 7.02. The number of aliphatic carboxylic acids is 1. The van der Waals surface area contributed by atoms with Crippen LogP contribution in [0.15, 0.2) is 34.9 Å². The molecule has 1 amide bonds. The molecule has 24 heavy (non-hydrogen) atoms. The number of carbonyl (C=O) groups excluding carboxylic acids is 1. The molecule has 128 valence electrons. The summed E-state index contributed by atoms with van der Waals surface area (Å²) in [6.07, 6.45) is 1.29. The highest BCUT2D eigenvalue weighted by Crippen LogP contribution is 2.23. The van der Waals surface area contributed by atoms with Gasteiger partial charge in [-0.3, -0.25) is 14.5 Å². The summed E-state index contributed by atoms with van der Waals surface area (Å²) in [5, 5.41) is 9.62. The van der Waals surface area contributed by atoms with Crippen molar-refractivity contribution in [3.8, 4) is 0 Å². The lowest BCUT2D eigenvalue weighted by atomic mass is 10.1. The van der Waals surface area contributed by atoms with Gasteiger partial charge in [0, 0.05) is 25.0 Å². The Morgan fingerprint density at radius 2 is 2.17 bits per heavy atom. The predicted molar refractivity (Wildman–Crippen MR) is 87.0 cm³/mol. The molecule has 7 nitrogen and oxygen atoms in total. The molecule has 1 unspecified atom stereocenters. The van der Waals surface area contributed by atoms with E-state index in [4.69, 9.17) is 14.3 Å². The first-order valence-electron chi connectivity index (χ1n) is 7.82. The summed E-state index contributed by atoms with van der Waals surface area (Å²) < 4.78 is 11.1. The first-order chi connectivity index (χ1) is 11.5. The number of para-hydroxylation sites is 1. The molecular weight excluding hydrogens is 312 g/mol. The molecule has 0 aliphatic carbocycles. The number of likely N-dealkylation sites (N-methyl/N-ethyl adjacent to an activating group) is 1. The molecule has 1 saturated heterocycles. The molecule has 2 aromatic rings. The number of carboxylic acid groups (broad SMARTS) is 1. The molecule has 0 radical (unpaired) electrons. The van der Waals surface area contributed by atoms with Gasteiger partial charge in [-0.2, -0.15) is 0 Å². The van der Waals surface area contributed by atoms with E-state index < -0.39 is 5.97 Å². The third kappa shape index (κ3) is 3.58. The fourth-order valence-corrected chi connectivity index (χ4v) is 2.97. The van der Waals surface area contributed by atoms with Gasteiger partial charge in [0.1, 0.15) is 11.8 Å². The van der Waals surface area contributed by atoms with Crippen LogP contribution in [-0.2, 0) is 9.53 Å². The van der Waals surface area contributed by atoms with Crippen LogP contribution in [0, 0.1) is 0 Å². The second-order valence-corrected chi connectivity index (χ2v) is 5.98. The standard InChI is InChI=1S/C17H20N2O5/c1-18(10-16(20)21)8-12-9-19(6-7-23-12)17(22)14-11-24-15-5-3-2-4-13(14)15/h2-5,11-12H,6-10H2,1H3,(H,20,21). The van der Waals surface area contributed by atoms with Crippen LogP contribution in [0.2, 0.25) is 0 Å². The molecule has 1 atom stereocenters. The SMILES string of the molecule is CN(CC(=O)O)CC1CN(C(=O)c2coc3ccccc23)CCO1. The quantitative estimate of drug-likeness (QED) is 0.888. The van der Waals surface area contributed by atoms with Crippen LogP contribution in [0.5, 0.6) is 0 Å². The van der Waals surface area contributed by atoms with Crippen molar-refractivity contribution in [3.05, 3.63) is 36.1 Å². The van der Waals surface area contributed by atoms with E-state index >= 15 is 0 Å². The smallest absolute Gasteiger partial charge is 0.317 e. The molecule has 1 N–H and O–H groups in total. The van der Waals surface area contributed by atoms with Gasteiger partial charge in [0.15, 0.2) is 0 Å². The summed E-state index contributed by atoms with van der Waals surface area (Å²) >= 11 is 0. The number of carbonyl (C=O) groups is 2. The van der Waals surface area contributed by atoms with Crippen LogP contribution in [-0.4, -0.2) is 72.7 Å². The lowest BCUT2D eigenvalue weighted by Gasteiger charge is -2.34. The Labute approximate surface area is 139 Å². The summed E-state index contributed by atoms with van der Waals surface area (Å²) in [6.45, 7) is 1.79. The first kappa shape index (κ1) is 16.5. The van der Waals surface area contributed by atoms with E-state index in [1.54, 1.807) is 16.8 Å². The number of benzene rings is 1. The van der Waals surface area contributed by atoms with Crippen molar-refractivity contribution >= 4 is 22.8 Å². The van der Waals surface area contributed by atoms with E-state index in [1.807, 2.05) is 24.3 Å². The largest absolute Gasteiger partial charge is 0.480 e. The van der Waals surface area contributed by atoms with Crippen LogP contribution in [0.25, 0.3) is 11.0 Å². The summed E-state index contributed by atoms with van der Waals surface area (Å²) in [5.74, 6) is -0.972. The normalized spacial score (nSPS) is 18.2. The van der Waals surface area contributed by atoms with Crippen molar-refractivity contribution in [2.45, 2.75) is 6.10 Å². The monoisotopic (exact) mass is 332 g/mol. The van der Waals surface area contributed by atoms with Crippen LogP contribution in [0.3, 0.4) is 0 Å². The maximum atomic E-state index is 12.8. The van der Waals surface area contributed by atoms with Gasteiger partial charge in [-0.25, -0.2) is 0 Å². The molecule has 1 aliphatic heterocycles. The first-order valence-corrected chi connectivity index (χ1v) is 7.82. The lowest BCUT2D eigenvalue weighted by Crippen LogP contribution is -2.49. The summed E-state index contributed by atoms with van der Waals surface area (Å²) in [6, 6.07) is 7.43. The predicted octanol–water partition coefficient (Wildman–Crippen LogP) is 1.29. The van der Waals surface area contributed by atoms with E-state index in [1.165, 1.54) is 6.26 Å². The summed E-state index contributed by atoms with van der Waals surface area (Å²) in [5.41, 5.74) is 1.23. The maximum absolute atomic E-state index is 12.8. The average Bonchev–Trinajstić information content (AvgIpc) is 2.97. The van der Waals surface area contributed by atoms with Crippen molar-refractivity contribution in [2.75, 3.05) is 39.8 Å². The zero-order chi connectivity index (χ0) is 17.1. The van der Waals surface area contributed by atoms with E-state index in [0.29, 0.717) is 37.4 Å². The van der Waals surface area contributed by atoms with Crippen LogP contribution in [0.1, 0.15) is 10.4 Å². The highest BCUT2D eigenvalue weighted by molar-refractivity contribution is 6.05. The Morgan fingerprint density at radius 1 is 1.38 bits per heavy atom. The number of rotatable bonds is 5. The minimum atomic E-state index is -0.883. The Kier molecular flexibility index (Phi) is 4.82. The van der Waals surface area contributed by atoms with E-state index in [9.17, 15) is 9.59 Å². The van der Waals surface area contributed by atoms with Crippen molar-refractivity contribution < 1.29 is 23.8 Å². The number of carboxylic acids is 1. The maximum Gasteiger partial charge on any atom is 0.317 e. The molecule has 7 heteroatoms. The molecule has 1 fully saturated rings. The second-order valence-electron chi connectivity index (χ2n) is 5.98. The van der Waals surface area contributed by atoms with Crippen LogP contribution in [0.4, 0.5) is 0 Å². The summed E-state index contributed by atoms with van der Waals surface area (Å²) in [4.78, 5) is 26.9. The minimum Gasteiger partial charge on any atom is -0.480 e. The van der Waals surface area contributed by atoms with Crippen LogP contribution < -0.4 is 0 Å². The number of amides is 1. The fraction of sp³-hybridized carbons (Fsp3) is 0.412. The molecule has 0 spiro atoms. The number of hydrogen-bond acceptors (Lipinski definition) is 5. The van der Waals surface area contributed by atoms with E-state index in [2.05, 4.69) is 0 Å². The zero-order valence-electron chi connectivity index (χ0n) is 13.5. The van der Waals surface area contributed by atoms with Gasteiger partial charge in [-0.1, -0.05) is 18.2 Å². The lowest BCUT2D eigenvalue weighted by molar-refractivity contribution is -0.138. The number of nitrogens with zero attached hydrogens (tertiary/aromatic N) is 2. The van der Waals surface area contributed by atoms with Gasteiger partial charge >= 0.3 is 5.97 Å². The Morgan fingerprint density at radius 3 is 2.96 bits per heavy atom. The Hall–Kier alpha value is -2.38. The van der Waals surface area contributed by atoms with Gasteiger partial charge in [0.25, 0.3) is 5.91 Å². The fourth-order valence-electron chi connectivity index (χ4n) is 2.97. The molecule has 0 saturated carbocycles. The van der Waals surface area contributed by atoms with Gasteiger partial charge in [0.05, 0.1) is 24.8 Å². The average molecular weight is 332 g/mol. The number of fused-ring (bicyclic) bond motifs is 1. The van der Waals surface area contributed by atoms with E-state index in [0.717, 1.165) is 5.39 Å². The minimum absolute atomic E-state index is 0.0554. The number of hydrogen-bond donors (Lipinski definition) is 1. The van der Waals surface area contributed by atoms with Gasteiger partial charge in [-0.15, -0.1) is 0 Å². The van der Waals surface area contributed by atoms with Gasteiger partial charge in [0.2, 0.25) is 0 Å². The van der Waals surface area contributed by atoms with E-state index in [-0.39, 0.29) is 18.6 Å². The van der Waals surface area contributed by atoms with Crippen LogP contribution >= 0.6 is 0 Å². The third-order valence-corrected chi connectivity index (χ3v) is 4.06. The third-order valence-electron chi connectivity index (χ3n) is 4.06. The molecule has 2 heterocycles. The molecule has 1 aliphatic rings. The molecule has 1 aromatic carbocycles. The number of furan rings is 1. The molecule has 1 aromatic heterocycles. The number of morpholine rings is 1. The summed E-state index contributed by atoms with van der Waals surface area (Å²) in [7, 11) is 1.72. The molecule has 3 rings (SSSR count). The number of ether oxygens (including phenoxy) is 1. The topological polar surface area (TPSA) is 83.2 Å². The van der Waals surface area contributed by atoms with Crippen molar-refractivity contribution in [2.24, 2.45) is 0 Å². The Balaban J connectivity index is 1.68. The van der Waals surface area contributed by atoms with Crippen molar-refractivity contribution in [1.82, 2.24) is 9.80 Å². The zero-order valence-corrected chi connectivity index (χ0v) is 13.5. The van der Waals surface area contributed by atoms with Gasteiger partial charge in [-0.05, 0) is 13.1 Å². The van der Waals surface area contributed by atoms with Crippen molar-refractivity contribution in [1.29, 1.82) is 0 Å². The highest BCUT2D eigenvalue weighted by atomic mass is 16.5. The molecule has 0 bridgehead atoms. The Bertz CT molecular complexity index is 741. The van der Waals surface area contributed by atoms with Gasteiger partial charge < -0.3 is 19.2 Å².